The zero-order chi connectivity index (χ0) is 15.6. The highest BCUT2D eigenvalue weighted by Crippen LogP contribution is 2.32. The summed E-state index contributed by atoms with van der Waals surface area (Å²) in [5.74, 6) is 0.255. The monoisotopic (exact) mass is 290 g/mol. The van der Waals surface area contributed by atoms with Gasteiger partial charge >= 0.3 is 0 Å². The van der Waals surface area contributed by atoms with Gasteiger partial charge in [0.2, 0.25) is 0 Å². The summed E-state index contributed by atoms with van der Waals surface area (Å²) in [5, 5.41) is 10.8. The molecule has 0 aliphatic rings. The number of nitro groups is 1. The van der Waals surface area contributed by atoms with Gasteiger partial charge in [0.1, 0.15) is 17.3 Å². The van der Waals surface area contributed by atoms with E-state index in [0.29, 0.717) is 17.1 Å². The smallest absolute Gasteiger partial charge is 0.272 e. The van der Waals surface area contributed by atoms with Gasteiger partial charge < -0.3 is 10.5 Å². The van der Waals surface area contributed by atoms with Crippen molar-refractivity contribution in [1.29, 1.82) is 0 Å². The molecule has 5 nitrogen and oxygen atoms in total. The maximum Gasteiger partial charge on any atom is 0.272 e. The average Bonchev–Trinajstić information content (AvgIpc) is 2.37. The fourth-order valence-electron chi connectivity index (χ4n) is 2.07. The molecule has 0 unspecified atom stereocenters. The van der Waals surface area contributed by atoms with Crippen LogP contribution in [0.15, 0.2) is 36.4 Å². The predicted molar refractivity (Wildman–Crippen MR) is 76.9 cm³/mol. The molecule has 0 aliphatic heterocycles. The zero-order valence-corrected chi connectivity index (χ0v) is 11.7. The largest absolute Gasteiger partial charge is 0.457 e. The first kappa shape index (κ1) is 14.9. The summed E-state index contributed by atoms with van der Waals surface area (Å²) in [6, 6.07) is 8.28. The fourth-order valence-corrected chi connectivity index (χ4v) is 2.07. The average molecular weight is 290 g/mol. The molecule has 2 rings (SSSR count). The van der Waals surface area contributed by atoms with E-state index in [0.717, 1.165) is 0 Å². The van der Waals surface area contributed by atoms with Crippen LogP contribution >= 0.6 is 0 Å². The Morgan fingerprint density at radius 2 is 2.05 bits per heavy atom. The minimum absolute atomic E-state index is 0.00834. The van der Waals surface area contributed by atoms with Crippen molar-refractivity contribution in [3.05, 3.63) is 63.5 Å². The maximum absolute atomic E-state index is 13.8. The van der Waals surface area contributed by atoms with Gasteiger partial charge in [0.15, 0.2) is 0 Å². The number of aryl methyl sites for hydroxylation is 1. The molecule has 0 aromatic heterocycles. The van der Waals surface area contributed by atoms with Crippen LogP contribution in [0.3, 0.4) is 0 Å². The van der Waals surface area contributed by atoms with Crippen molar-refractivity contribution in [1.82, 2.24) is 0 Å². The Morgan fingerprint density at radius 1 is 1.33 bits per heavy atom. The Labute approximate surface area is 121 Å². The second-order valence-electron chi connectivity index (χ2n) is 4.75. The first-order valence-corrected chi connectivity index (χ1v) is 6.37. The van der Waals surface area contributed by atoms with Crippen LogP contribution in [-0.2, 0) is 0 Å². The van der Waals surface area contributed by atoms with Crippen LogP contribution in [0, 0.1) is 22.9 Å². The number of ether oxygens (including phenoxy) is 1. The maximum atomic E-state index is 13.8. The number of hydrogen-bond donors (Lipinski definition) is 1. The molecule has 0 saturated carbocycles. The van der Waals surface area contributed by atoms with E-state index in [1.807, 2.05) is 0 Å². The molecular formula is C15H15FN2O3. The van der Waals surface area contributed by atoms with E-state index >= 15 is 0 Å². The van der Waals surface area contributed by atoms with Crippen molar-refractivity contribution < 1.29 is 14.1 Å². The summed E-state index contributed by atoms with van der Waals surface area (Å²) in [5.41, 5.74) is 6.50. The lowest BCUT2D eigenvalue weighted by Gasteiger charge is -2.14. The van der Waals surface area contributed by atoms with Crippen molar-refractivity contribution >= 4 is 5.69 Å². The van der Waals surface area contributed by atoms with E-state index < -0.39 is 16.8 Å². The third-order valence-corrected chi connectivity index (χ3v) is 3.06. The van der Waals surface area contributed by atoms with Gasteiger partial charge in [0.05, 0.1) is 4.92 Å². The molecular weight excluding hydrogens is 275 g/mol. The predicted octanol–water partition coefficient (Wildman–Crippen LogP) is 3.85. The Balaban J connectivity index is 2.37. The molecule has 2 aromatic rings. The normalized spacial score (nSPS) is 12.0. The summed E-state index contributed by atoms with van der Waals surface area (Å²) in [6.07, 6.45) is 0. The molecule has 0 spiro atoms. The molecule has 110 valence electrons. The summed E-state index contributed by atoms with van der Waals surface area (Å²) in [6.45, 7) is 3.27. The van der Waals surface area contributed by atoms with Gasteiger partial charge in [-0.1, -0.05) is 6.07 Å². The SMILES string of the molecule is Cc1cc(Oc2cccc(F)c2[C@@H](C)N)ccc1[N+](=O)[O-]. The van der Waals surface area contributed by atoms with Gasteiger partial charge in [0.25, 0.3) is 5.69 Å². The van der Waals surface area contributed by atoms with Crippen LogP contribution in [0.25, 0.3) is 0 Å². The van der Waals surface area contributed by atoms with Gasteiger partial charge in [-0.2, -0.15) is 0 Å². The summed E-state index contributed by atoms with van der Waals surface area (Å²) in [4.78, 5) is 10.3. The van der Waals surface area contributed by atoms with E-state index in [4.69, 9.17) is 10.5 Å². The quantitative estimate of drug-likeness (QED) is 0.685. The molecule has 0 aliphatic carbocycles. The molecule has 21 heavy (non-hydrogen) atoms. The number of rotatable bonds is 4. The van der Waals surface area contributed by atoms with Gasteiger partial charge in [-0.25, -0.2) is 4.39 Å². The lowest BCUT2D eigenvalue weighted by Crippen LogP contribution is -2.09. The highest BCUT2D eigenvalue weighted by atomic mass is 19.1. The van der Waals surface area contributed by atoms with Crippen molar-refractivity contribution in [2.45, 2.75) is 19.9 Å². The number of nitrogens with zero attached hydrogens (tertiary/aromatic N) is 1. The highest BCUT2D eigenvalue weighted by molar-refractivity contribution is 5.47. The van der Waals surface area contributed by atoms with E-state index in [1.54, 1.807) is 19.9 Å². The van der Waals surface area contributed by atoms with Gasteiger partial charge in [-0.3, -0.25) is 10.1 Å². The first-order valence-electron chi connectivity index (χ1n) is 6.37. The number of halogens is 1. The second kappa shape index (κ2) is 5.88. The van der Waals surface area contributed by atoms with E-state index in [9.17, 15) is 14.5 Å². The van der Waals surface area contributed by atoms with Crippen molar-refractivity contribution in [2.24, 2.45) is 5.73 Å². The molecule has 0 heterocycles. The van der Waals surface area contributed by atoms with E-state index in [2.05, 4.69) is 0 Å². The molecule has 0 fully saturated rings. The Kier molecular flexibility index (Phi) is 4.18. The lowest BCUT2D eigenvalue weighted by molar-refractivity contribution is -0.385. The Hall–Kier alpha value is -2.47. The molecule has 1 atom stereocenters. The third-order valence-electron chi connectivity index (χ3n) is 3.06. The number of hydrogen-bond acceptors (Lipinski definition) is 4. The zero-order valence-electron chi connectivity index (χ0n) is 11.7. The van der Waals surface area contributed by atoms with Crippen molar-refractivity contribution in [3.63, 3.8) is 0 Å². The Bertz CT molecular complexity index is 687. The number of nitro benzene ring substituents is 1. The molecule has 0 radical (unpaired) electrons. The Morgan fingerprint density at radius 3 is 2.62 bits per heavy atom. The van der Waals surface area contributed by atoms with E-state index in [1.165, 1.54) is 30.3 Å². The van der Waals surface area contributed by atoms with Crippen molar-refractivity contribution in [3.8, 4) is 11.5 Å². The topological polar surface area (TPSA) is 78.4 Å². The van der Waals surface area contributed by atoms with Crippen LogP contribution in [0.4, 0.5) is 10.1 Å². The molecule has 2 aromatic carbocycles. The number of benzene rings is 2. The molecule has 0 amide bonds. The van der Waals surface area contributed by atoms with Crippen LogP contribution in [0.1, 0.15) is 24.1 Å². The second-order valence-corrected chi connectivity index (χ2v) is 4.75. The fraction of sp³-hybridized carbons (Fsp3) is 0.200. The summed E-state index contributed by atoms with van der Waals surface area (Å²) < 4.78 is 19.4. The minimum atomic E-state index is -0.527. The van der Waals surface area contributed by atoms with Crippen molar-refractivity contribution in [2.75, 3.05) is 0 Å². The standard InChI is InChI=1S/C15H15FN2O3/c1-9-8-11(6-7-13(9)18(19)20)21-14-5-3-4-12(16)15(14)10(2)17/h3-8,10H,17H2,1-2H3/t10-/m1/s1. The summed E-state index contributed by atoms with van der Waals surface area (Å²) >= 11 is 0. The summed E-state index contributed by atoms with van der Waals surface area (Å²) in [7, 11) is 0. The lowest BCUT2D eigenvalue weighted by atomic mass is 10.1. The number of nitrogens with two attached hydrogens (primary N) is 1. The minimum Gasteiger partial charge on any atom is -0.457 e. The van der Waals surface area contributed by atoms with Gasteiger partial charge in [-0.15, -0.1) is 0 Å². The first-order chi connectivity index (χ1) is 9.90. The van der Waals surface area contributed by atoms with Gasteiger partial charge in [0, 0.05) is 23.2 Å². The van der Waals surface area contributed by atoms with Crippen LogP contribution in [-0.4, -0.2) is 4.92 Å². The van der Waals surface area contributed by atoms with E-state index in [-0.39, 0.29) is 11.3 Å². The molecule has 0 saturated heterocycles. The molecule has 2 N–H and O–H groups in total. The third kappa shape index (κ3) is 3.17. The highest BCUT2D eigenvalue weighted by Gasteiger charge is 2.16. The van der Waals surface area contributed by atoms with Crippen LogP contribution < -0.4 is 10.5 Å². The van der Waals surface area contributed by atoms with Crippen LogP contribution in [0.5, 0.6) is 11.5 Å². The van der Waals surface area contributed by atoms with Gasteiger partial charge in [-0.05, 0) is 38.1 Å². The molecule has 6 heteroatoms. The van der Waals surface area contributed by atoms with Crippen LogP contribution in [0.2, 0.25) is 0 Å². The molecule has 0 bridgehead atoms.